The average molecular weight is 180 g/mol. The van der Waals surface area contributed by atoms with Crippen LogP contribution in [0.25, 0.3) is 0 Å². The summed E-state index contributed by atoms with van der Waals surface area (Å²) in [7, 11) is 1.79. The van der Waals surface area contributed by atoms with Crippen LogP contribution >= 0.6 is 0 Å². The fourth-order valence-electron chi connectivity index (χ4n) is 1.80. The number of hydrogen-bond donors (Lipinski definition) is 0. The van der Waals surface area contributed by atoms with Crippen LogP contribution < -0.4 is 0 Å². The molecule has 74 valence electrons. The minimum Gasteiger partial charge on any atom is -0.501 e. The molecule has 0 amide bonds. The van der Waals surface area contributed by atoms with E-state index in [1.54, 1.807) is 7.11 Å². The van der Waals surface area contributed by atoms with E-state index >= 15 is 0 Å². The first-order chi connectivity index (χ1) is 6.16. The van der Waals surface area contributed by atoms with E-state index in [0.29, 0.717) is 0 Å². The zero-order valence-electron chi connectivity index (χ0n) is 9.24. The molecule has 0 aromatic heterocycles. The van der Waals surface area contributed by atoms with Crippen LogP contribution in [-0.2, 0) is 4.74 Å². The van der Waals surface area contributed by atoms with Crippen molar-refractivity contribution in [1.29, 1.82) is 0 Å². The van der Waals surface area contributed by atoms with Crippen molar-refractivity contribution in [3.05, 3.63) is 22.5 Å². The fraction of sp³-hybridized carbons (Fsp3) is 0.667. The van der Waals surface area contributed by atoms with Crippen molar-refractivity contribution in [2.45, 2.75) is 46.5 Å². The Bertz CT molecular complexity index is 242. The summed E-state index contributed by atoms with van der Waals surface area (Å²) < 4.78 is 5.42. The standard InChI is InChI=1S/C12H20O/c1-9(2)10(3)11-7-5-6-8-12(11)13-4/h5-8H2,1-4H3. The maximum atomic E-state index is 5.42. The van der Waals surface area contributed by atoms with Gasteiger partial charge in [-0.3, -0.25) is 0 Å². The van der Waals surface area contributed by atoms with E-state index in [2.05, 4.69) is 20.8 Å². The number of methoxy groups -OCH3 is 1. The summed E-state index contributed by atoms with van der Waals surface area (Å²) in [5, 5.41) is 0. The van der Waals surface area contributed by atoms with Gasteiger partial charge in [0.15, 0.2) is 0 Å². The van der Waals surface area contributed by atoms with Crippen LogP contribution in [0.3, 0.4) is 0 Å². The Kier molecular flexibility index (Phi) is 3.58. The minimum atomic E-state index is 1.12. The lowest BCUT2D eigenvalue weighted by atomic mass is 9.91. The molecule has 0 aromatic carbocycles. The molecule has 0 radical (unpaired) electrons. The van der Waals surface area contributed by atoms with Gasteiger partial charge in [-0.1, -0.05) is 5.57 Å². The van der Waals surface area contributed by atoms with Crippen molar-refractivity contribution >= 4 is 0 Å². The molecular weight excluding hydrogens is 160 g/mol. The van der Waals surface area contributed by atoms with Gasteiger partial charge in [-0.25, -0.2) is 0 Å². The lowest BCUT2D eigenvalue weighted by Crippen LogP contribution is -2.03. The zero-order valence-corrected chi connectivity index (χ0v) is 9.24. The first-order valence-electron chi connectivity index (χ1n) is 5.07. The Hall–Kier alpha value is -0.720. The molecule has 0 fully saturated rings. The predicted octanol–water partition coefficient (Wildman–Crippen LogP) is 3.82. The third kappa shape index (κ3) is 2.36. The van der Waals surface area contributed by atoms with E-state index in [-0.39, 0.29) is 0 Å². The van der Waals surface area contributed by atoms with Gasteiger partial charge in [0.25, 0.3) is 0 Å². The van der Waals surface area contributed by atoms with Gasteiger partial charge in [-0.2, -0.15) is 0 Å². The predicted molar refractivity (Wildman–Crippen MR) is 56.6 cm³/mol. The Morgan fingerprint density at radius 3 is 2.23 bits per heavy atom. The van der Waals surface area contributed by atoms with Gasteiger partial charge in [-0.05, 0) is 51.2 Å². The van der Waals surface area contributed by atoms with Crippen molar-refractivity contribution < 1.29 is 4.74 Å². The Labute approximate surface area is 81.5 Å². The summed E-state index contributed by atoms with van der Waals surface area (Å²) >= 11 is 0. The summed E-state index contributed by atoms with van der Waals surface area (Å²) in [6, 6.07) is 0. The highest BCUT2D eigenvalue weighted by molar-refractivity contribution is 5.35. The SMILES string of the molecule is COC1=C(C(C)=C(C)C)CCCC1. The maximum Gasteiger partial charge on any atom is 0.0989 e. The molecule has 0 atom stereocenters. The van der Waals surface area contributed by atoms with Gasteiger partial charge in [-0.15, -0.1) is 0 Å². The first-order valence-corrected chi connectivity index (χ1v) is 5.07. The number of ether oxygens (including phenoxy) is 1. The van der Waals surface area contributed by atoms with Crippen LogP contribution in [-0.4, -0.2) is 7.11 Å². The zero-order chi connectivity index (χ0) is 9.84. The molecule has 0 spiro atoms. The first kappa shape index (κ1) is 10.4. The van der Waals surface area contributed by atoms with Crippen molar-refractivity contribution in [3.8, 4) is 0 Å². The Morgan fingerprint density at radius 1 is 1.08 bits per heavy atom. The average Bonchev–Trinajstić information content (AvgIpc) is 2.16. The summed E-state index contributed by atoms with van der Waals surface area (Å²) in [6.07, 6.45) is 4.91. The highest BCUT2D eigenvalue weighted by atomic mass is 16.5. The van der Waals surface area contributed by atoms with Gasteiger partial charge in [0.1, 0.15) is 0 Å². The van der Waals surface area contributed by atoms with E-state index in [9.17, 15) is 0 Å². The normalized spacial score (nSPS) is 17.2. The number of hydrogen-bond acceptors (Lipinski definition) is 1. The molecule has 1 aliphatic carbocycles. The third-order valence-electron chi connectivity index (χ3n) is 2.87. The molecule has 0 unspecified atom stereocenters. The minimum absolute atomic E-state index is 1.12. The number of rotatable bonds is 2. The monoisotopic (exact) mass is 180 g/mol. The number of allylic oxidation sites excluding steroid dienone is 4. The largest absolute Gasteiger partial charge is 0.501 e. The van der Waals surface area contributed by atoms with Gasteiger partial charge in [0.2, 0.25) is 0 Å². The maximum absolute atomic E-state index is 5.42. The molecule has 13 heavy (non-hydrogen) atoms. The molecule has 1 aliphatic rings. The van der Waals surface area contributed by atoms with Crippen molar-refractivity contribution in [2.24, 2.45) is 0 Å². The highest BCUT2D eigenvalue weighted by Crippen LogP contribution is 2.31. The van der Waals surface area contributed by atoms with Crippen LogP contribution in [0.5, 0.6) is 0 Å². The lowest BCUT2D eigenvalue weighted by molar-refractivity contribution is 0.261. The summed E-state index contributed by atoms with van der Waals surface area (Å²) in [6.45, 7) is 6.55. The summed E-state index contributed by atoms with van der Waals surface area (Å²) in [5.74, 6) is 1.21. The lowest BCUT2D eigenvalue weighted by Gasteiger charge is -2.20. The second-order valence-electron chi connectivity index (χ2n) is 3.94. The van der Waals surface area contributed by atoms with Crippen LogP contribution in [0.15, 0.2) is 22.5 Å². The highest BCUT2D eigenvalue weighted by Gasteiger charge is 2.14. The Morgan fingerprint density at radius 2 is 1.69 bits per heavy atom. The van der Waals surface area contributed by atoms with E-state index in [4.69, 9.17) is 4.74 Å². The van der Waals surface area contributed by atoms with Crippen molar-refractivity contribution in [2.75, 3.05) is 7.11 Å². The second kappa shape index (κ2) is 4.50. The molecule has 0 saturated carbocycles. The second-order valence-corrected chi connectivity index (χ2v) is 3.94. The van der Waals surface area contributed by atoms with Crippen molar-refractivity contribution in [3.63, 3.8) is 0 Å². The molecule has 1 nitrogen and oxygen atoms in total. The topological polar surface area (TPSA) is 9.23 Å². The van der Waals surface area contributed by atoms with Crippen LogP contribution in [0.2, 0.25) is 0 Å². The molecule has 0 aromatic rings. The van der Waals surface area contributed by atoms with E-state index < -0.39 is 0 Å². The molecule has 0 N–H and O–H groups in total. The molecule has 0 saturated heterocycles. The van der Waals surface area contributed by atoms with Gasteiger partial charge in [0.05, 0.1) is 12.9 Å². The van der Waals surface area contributed by atoms with Gasteiger partial charge < -0.3 is 4.74 Å². The van der Waals surface area contributed by atoms with E-state index in [0.717, 1.165) is 6.42 Å². The molecule has 0 aliphatic heterocycles. The van der Waals surface area contributed by atoms with Crippen molar-refractivity contribution in [1.82, 2.24) is 0 Å². The van der Waals surface area contributed by atoms with Gasteiger partial charge in [0, 0.05) is 6.42 Å². The fourth-order valence-corrected chi connectivity index (χ4v) is 1.80. The third-order valence-corrected chi connectivity index (χ3v) is 2.87. The van der Waals surface area contributed by atoms with Crippen LogP contribution in [0.1, 0.15) is 46.5 Å². The van der Waals surface area contributed by atoms with Crippen LogP contribution in [0.4, 0.5) is 0 Å². The van der Waals surface area contributed by atoms with Gasteiger partial charge >= 0.3 is 0 Å². The quantitative estimate of drug-likeness (QED) is 0.627. The smallest absolute Gasteiger partial charge is 0.0989 e. The Balaban J connectivity index is 2.98. The summed E-state index contributed by atoms with van der Waals surface area (Å²) in [4.78, 5) is 0. The molecule has 0 bridgehead atoms. The molecule has 1 rings (SSSR count). The molecule has 0 heterocycles. The van der Waals surface area contributed by atoms with Crippen LogP contribution in [0, 0.1) is 0 Å². The molecular formula is C12H20O. The van der Waals surface area contributed by atoms with E-state index in [1.165, 1.54) is 41.7 Å². The van der Waals surface area contributed by atoms with E-state index in [1.807, 2.05) is 0 Å². The summed E-state index contributed by atoms with van der Waals surface area (Å²) in [5.41, 5.74) is 4.29. The molecule has 1 heteroatoms.